The normalized spacial score (nSPS) is 21.2. The fourth-order valence-corrected chi connectivity index (χ4v) is 4.53. The van der Waals surface area contributed by atoms with Crippen molar-refractivity contribution in [1.29, 1.82) is 0 Å². The highest BCUT2D eigenvalue weighted by Crippen LogP contribution is 2.33. The van der Waals surface area contributed by atoms with Gasteiger partial charge in [0.05, 0.1) is 4.88 Å². The monoisotopic (exact) mass is 394 g/mol. The van der Waals surface area contributed by atoms with Gasteiger partial charge in [-0.3, -0.25) is 9.69 Å². The summed E-state index contributed by atoms with van der Waals surface area (Å²) in [5.41, 5.74) is 2.30. The summed E-state index contributed by atoms with van der Waals surface area (Å²) < 4.78 is 5.25. The van der Waals surface area contributed by atoms with Crippen molar-refractivity contribution in [2.24, 2.45) is 0 Å². The lowest BCUT2D eigenvalue weighted by Gasteiger charge is -2.22. The highest BCUT2D eigenvalue weighted by Gasteiger charge is 2.49. The molecule has 0 radical (unpaired) electrons. The van der Waals surface area contributed by atoms with Crippen LogP contribution in [0.15, 0.2) is 40.2 Å². The van der Waals surface area contributed by atoms with Crippen molar-refractivity contribution in [3.63, 3.8) is 0 Å². The number of nitrogens with zero attached hydrogens (tertiary/aromatic N) is 3. The van der Waals surface area contributed by atoms with Gasteiger partial charge in [0.1, 0.15) is 12.1 Å². The Morgan fingerprint density at radius 2 is 2.11 bits per heavy atom. The van der Waals surface area contributed by atoms with E-state index in [0.717, 1.165) is 34.6 Å². The van der Waals surface area contributed by atoms with Crippen molar-refractivity contribution in [3.8, 4) is 10.7 Å². The van der Waals surface area contributed by atoms with Crippen molar-refractivity contribution < 1.29 is 14.1 Å². The first-order chi connectivity index (χ1) is 13.5. The lowest BCUT2D eigenvalue weighted by Crippen LogP contribution is -2.41. The van der Waals surface area contributed by atoms with Crippen LogP contribution in [0.4, 0.5) is 4.79 Å². The third kappa shape index (κ3) is 2.63. The first kappa shape index (κ1) is 17.1. The Labute approximate surface area is 165 Å². The van der Waals surface area contributed by atoms with E-state index in [0.29, 0.717) is 5.82 Å². The molecular formula is C20H18N4O3S. The molecule has 1 atom stereocenters. The van der Waals surface area contributed by atoms with Crippen LogP contribution in [-0.4, -0.2) is 27.0 Å². The fourth-order valence-electron chi connectivity index (χ4n) is 3.88. The van der Waals surface area contributed by atoms with Crippen LogP contribution in [0.3, 0.4) is 0 Å². The SMILES string of the molecule is CC1(c2ccc3c(c2)CCC3)NC(=O)N(Cc2nc(-c3cccs3)no2)C1=O. The summed E-state index contributed by atoms with van der Waals surface area (Å²) in [5, 5.41) is 8.70. The summed E-state index contributed by atoms with van der Waals surface area (Å²) in [4.78, 5) is 32.0. The largest absolute Gasteiger partial charge is 0.337 e. The Bertz CT molecular complexity index is 1080. The van der Waals surface area contributed by atoms with Crippen LogP contribution >= 0.6 is 11.3 Å². The molecule has 1 aromatic carbocycles. The number of carbonyl (C=O) groups is 2. The Balaban J connectivity index is 1.40. The van der Waals surface area contributed by atoms with E-state index in [-0.39, 0.29) is 18.3 Å². The minimum Gasteiger partial charge on any atom is -0.337 e. The molecule has 3 aromatic rings. The van der Waals surface area contributed by atoms with E-state index in [1.165, 1.54) is 22.5 Å². The van der Waals surface area contributed by atoms with Gasteiger partial charge >= 0.3 is 6.03 Å². The Morgan fingerprint density at radius 3 is 2.93 bits per heavy atom. The lowest BCUT2D eigenvalue weighted by atomic mass is 9.90. The molecule has 142 valence electrons. The molecule has 0 spiro atoms. The van der Waals surface area contributed by atoms with Gasteiger partial charge in [-0.2, -0.15) is 4.98 Å². The zero-order valence-corrected chi connectivity index (χ0v) is 16.1. The van der Waals surface area contributed by atoms with Crippen molar-refractivity contribution in [3.05, 3.63) is 58.3 Å². The van der Waals surface area contributed by atoms with Crippen LogP contribution in [0.2, 0.25) is 0 Å². The third-order valence-corrected chi connectivity index (χ3v) is 6.32. The minimum absolute atomic E-state index is 0.0520. The van der Waals surface area contributed by atoms with E-state index in [4.69, 9.17) is 4.52 Å². The maximum atomic E-state index is 13.1. The molecule has 1 saturated heterocycles. The predicted molar refractivity (Wildman–Crippen MR) is 103 cm³/mol. The first-order valence-electron chi connectivity index (χ1n) is 9.17. The number of aromatic nitrogens is 2. The molecule has 0 bridgehead atoms. The van der Waals surface area contributed by atoms with Crippen molar-refractivity contribution in [2.75, 3.05) is 0 Å². The highest BCUT2D eigenvalue weighted by molar-refractivity contribution is 7.13. The molecule has 2 aromatic heterocycles. The van der Waals surface area contributed by atoms with Crippen molar-refractivity contribution >= 4 is 23.3 Å². The quantitative estimate of drug-likeness (QED) is 0.686. The smallest absolute Gasteiger partial charge is 0.325 e. The number of carbonyl (C=O) groups excluding carboxylic acids is 2. The molecule has 0 saturated carbocycles. The molecule has 28 heavy (non-hydrogen) atoms. The van der Waals surface area contributed by atoms with Gasteiger partial charge in [-0.05, 0) is 54.3 Å². The maximum Gasteiger partial charge on any atom is 0.325 e. The summed E-state index contributed by atoms with van der Waals surface area (Å²) in [6.45, 7) is 1.69. The number of imide groups is 1. The molecule has 3 heterocycles. The fraction of sp³-hybridized carbons (Fsp3) is 0.300. The van der Waals surface area contributed by atoms with E-state index in [1.807, 2.05) is 29.6 Å². The van der Waals surface area contributed by atoms with Gasteiger partial charge in [0, 0.05) is 0 Å². The number of thiophene rings is 1. The van der Waals surface area contributed by atoms with Crippen molar-refractivity contribution in [1.82, 2.24) is 20.4 Å². The van der Waals surface area contributed by atoms with E-state index < -0.39 is 11.6 Å². The number of urea groups is 1. The van der Waals surface area contributed by atoms with E-state index in [2.05, 4.69) is 21.5 Å². The zero-order valence-electron chi connectivity index (χ0n) is 15.3. The van der Waals surface area contributed by atoms with Gasteiger partial charge in [0.2, 0.25) is 11.7 Å². The Kier molecular flexibility index (Phi) is 3.83. The molecule has 1 fully saturated rings. The predicted octanol–water partition coefficient (Wildman–Crippen LogP) is 3.25. The van der Waals surface area contributed by atoms with Crippen LogP contribution < -0.4 is 5.32 Å². The van der Waals surface area contributed by atoms with Gasteiger partial charge in [-0.15, -0.1) is 11.3 Å². The molecule has 7 nitrogen and oxygen atoms in total. The molecule has 2 aliphatic rings. The summed E-state index contributed by atoms with van der Waals surface area (Å²) in [6.07, 6.45) is 3.22. The van der Waals surface area contributed by atoms with Gasteiger partial charge in [-0.1, -0.05) is 29.4 Å². The summed E-state index contributed by atoms with van der Waals surface area (Å²) in [7, 11) is 0. The van der Waals surface area contributed by atoms with Crippen molar-refractivity contribution in [2.45, 2.75) is 38.3 Å². The molecule has 1 unspecified atom stereocenters. The van der Waals surface area contributed by atoms with E-state index in [9.17, 15) is 9.59 Å². The topological polar surface area (TPSA) is 88.3 Å². The van der Waals surface area contributed by atoms with E-state index >= 15 is 0 Å². The minimum atomic E-state index is -1.09. The molecular weight excluding hydrogens is 376 g/mol. The average molecular weight is 394 g/mol. The molecule has 8 heteroatoms. The number of fused-ring (bicyclic) bond motifs is 1. The van der Waals surface area contributed by atoms with Crippen LogP contribution in [-0.2, 0) is 29.7 Å². The number of hydrogen-bond donors (Lipinski definition) is 1. The Morgan fingerprint density at radius 1 is 1.25 bits per heavy atom. The molecule has 1 aliphatic heterocycles. The zero-order chi connectivity index (χ0) is 19.3. The first-order valence-corrected chi connectivity index (χ1v) is 10.1. The summed E-state index contributed by atoms with van der Waals surface area (Å²) >= 11 is 1.50. The van der Waals surface area contributed by atoms with Crippen LogP contribution in [0.1, 0.15) is 35.9 Å². The number of nitrogens with one attached hydrogen (secondary N) is 1. The number of benzene rings is 1. The molecule has 3 amide bonds. The number of hydrogen-bond acceptors (Lipinski definition) is 6. The molecule has 1 N–H and O–H groups in total. The molecule has 1 aliphatic carbocycles. The van der Waals surface area contributed by atoms with Gasteiger partial charge in [-0.25, -0.2) is 4.79 Å². The number of rotatable bonds is 4. The van der Waals surface area contributed by atoms with Crippen LogP contribution in [0, 0.1) is 0 Å². The molecule has 5 rings (SSSR count). The third-order valence-electron chi connectivity index (χ3n) is 5.45. The standard InChI is InChI=1S/C20H18N4O3S/c1-20(14-8-7-12-4-2-5-13(12)10-14)18(25)24(19(26)22-20)11-16-21-17(23-27-16)15-6-3-9-28-15/h3,6-10H,2,4-5,11H2,1H3,(H,22,26). The highest BCUT2D eigenvalue weighted by atomic mass is 32.1. The van der Waals surface area contributed by atoms with E-state index in [1.54, 1.807) is 6.92 Å². The summed E-state index contributed by atoms with van der Waals surface area (Å²) in [5.74, 6) is 0.370. The second kappa shape index (κ2) is 6.27. The van der Waals surface area contributed by atoms with Crippen LogP contribution in [0.25, 0.3) is 10.7 Å². The van der Waals surface area contributed by atoms with Gasteiger partial charge in [0.15, 0.2) is 0 Å². The second-order valence-electron chi connectivity index (χ2n) is 7.27. The van der Waals surface area contributed by atoms with Gasteiger partial charge < -0.3 is 9.84 Å². The second-order valence-corrected chi connectivity index (χ2v) is 8.22. The Hall–Kier alpha value is -3.00. The van der Waals surface area contributed by atoms with Gasteiger partial charge in [0.25, 0.3) is 5.91 Å². The number of amides is 3. The number of aryl methyl sites for hydroxylation is 2. The summed E-state index contributed by atoms with van der Waals surface area (Å²) in [6, 6.07) is 9.38. The average Bonchev–Trinajstić information content (AvgIpc) is 3.47. The maximum absolute atomic E-state index is 13.1. The lowest BCUT2D eigenvalue weighted by molar-refractivity contribution is -0.131. The van der Waals surface area contributed by atoms with Crippen LogP contribution in [0.5, 0.6) is 0 Å².